The molecule has 1 aliphatic rings. The van der Waals surface area contributed by atoms with Crippen molar-refractivity contribution in [3.63, 3.8) is 0 Å². The van der Waals surface area contributed by atoms with Gasteiger partial charge in [0.25, 0.3) is 0 Å². The molecule has 0 radical (unpaired) electrons. The highest BCUT2D eigenvalue weighted by Gasteiger charge is 2.40. The number of piperidine rings is 1. The van der Waals surface area contributed by atoms with Gasteiger partial charge in [-0.25, -0.2) is 12.8 Å². The molecule has 1 amide bonds. The number of hydrogen-bond donors (Lipinski definition) is 1. The van der Waals surface area contributed by atoms with Crippen molar-refractivity contribution in [1.29, 1.82) is 0 Å². The van der Waals surface area contributed by atoms with Crippen LogP contribution >= 0.6 is 0 Å². The van der Waals surface area contributed by atoms with Crippen LogP contribution in [0.25, 0.3) is 0 Å². The topological polar surface area (TPSA) is 66.5 Å². The fourth-order valence-corrected chi connectivity index (χ4v) is 5.23. The molecule has 1 heterocycles. The Morgan fingerprint density at radius 3 is 2.26 bits per heavy atom. The number of hydrogen-bond acceptors (Lipinski definition) is 3. The Hall–Kier alpha value is -2.46. The summed E-state index contributed by atoms with van der Waals surface area (Å²) in [6, 6.07) is 10.0. The monoisotopic (exact) mass is 458 g/mol. The molecule has 168 valence electrons. The highest BCUT2D eigenvalue weighted by atomic mass is 32.2. The van der Waals surface area contributed by atoms with Gasteiger partial charge in [-0.05, 0) is 49.1 Å². The summed E-state index contributed by atoms with van der Waals surface area (Å²) >= 11 is 0. The molecule has 0 saturated carbocycles. The van der Waals surface area contributed by atoms with Gasteiger partial charge in [-0.2, -0.15) is 17.5 Å². The number of rotatable bonds is 6. The van der Waals surface area contributed by atoms with Crippen molar-refractivity contribution in [3.05, 3.63) is 65.5 Å². The number of carbonyl (C=O) groups excluding carboxylic acids is 1. The first-order valence-corrected chi connectivity index (χ1v) is 11.2. The van der Waals surface area contributed by atoms with Crippen molar-refractivity contribution in [2.24, 2.45) is 5.92 Å². The van der Waals surface area contributed by atoms with Crippen molar-refractivity contribution in [2.75, 3.05) is 19.6 Å². The molecule has 0 atom stereocenters. The van der Waals surface area contributed by atoms with Gasteiger partial charge in [0.1, 0.15) is 5.82 Å². The summed E-state index contributed by atoms with van der Waals surface area (Å²) in [5, 5.41) is 2.78. The Labute approximate surface area is 178 Å². The lowest BCUT2D eigenvalue weighted by Crippen LogP contribution is -2.43. The quantitative estimate of drug-likeness (QED) is 0.673. The third kappa shape index (κ3) is 5.62. The summed E-state index contributed by atoms with van der Waals surface area (Å²) in [6.07, 6.45) is -3.83. The number of halogens is 4. The second-order valence-corrected chi connectivity index (χ2v) is 9.25. The average molecular weight is 458 g/mol. The Balaban J connectivity index is 1.56. The van der Waals surface area contributed by atoms with E-state index in [-0.39, 0.29) is 37.7 Å². The summed E-state index contributed by atoms with van der Waals surface area (Å²) in [4.78, 5) is 11.6. The molecule has 2 aromatic rings. The molecule has 0 aliphatic carbocycles. The molecule has 1 aliphatic heterocycles. The predicted octanol–water partition coefficient (Wildman–Crippen LogP) is 3.60. The van der Waals surface area contributed by atoms with Gasteiger partial charge in [0.2, 0.25) is 15.9 Å². The van der Waals surface area contributed by atoms with Crippen LogP contribution in [-0.2, 0) is 27.4 Å². The van der Waals surface area contributed by atoms with Gasteiger partial charge < -0.3 is 5.32 Å². The molecule has 1 N–H and O–H groups in total. The summed E-state index contributed by atoms with van der Waals surface area (Å²) < 4.78 is 79.1. The van der Waals surface area contributed by atoms with E-state index in [1.54, 1.807) is 12.1 Å². The third-order valence-corrected chi connectivity index (χ3v) is 7.22. The smallest absolute Gasteiger partial charge is 0.356 e. The molecule has 0 unspecified atom stereocenters. The van der Waals surface area contributed by atoms with Crippen molar-refractivity contribution in [3.8, 4) is 0 Å². The van der Waals surface area contributed by atoms with E-state index in [1.807, 2.05) is 0 Å². The zero-order chi connectivity index (χ0) is 22.6. The van der Waals surface area contributed by atoms with E-state index in [1.165, 1.54) is 18.2 Å². The molecule has 10 heteroatoms. The first kappa shape index (κ1) is 23.2. The van der Waals surface area contributed by atoms with Gasteiger partial charge in [0.15, 0.2) is 0 Å². The van der Waals surface area contributed by atoms with Crippen LogP contribution in [0, 0.1) is 11.7 Å². The van der Waals surface area contributed by atoms with Crippen LogP contribution in [-0.4, -0.2) is 38.3 Å². The molecular weight excluding hydrogens is 436 g/mol. The lowest BCUT2D eigenvalue weighted by molar-refractivity contribution is -0.139. The van der Waals surface area contributed by atoms with Gasteiger partial charge in [-0.15, -0.1) is 0 Å². The first-order chi connectivity index (χ1) is 14.6. The SMILES string of the molecule is O=C(NCCc1ccc(F)cc1)C1CCN(S(=O)(=O)c2ccccc2C(F)(F)F)CC1. The summed E-state index contributed by atoms with van der Waals surface area (Å²) in [6.45, 7) is 0.275. The second-order valence-electron chi connectivity index (χ2n) is 7.34. The molecule has 2 aromatic carbocycles. The van der Waals surface area contributed by atoms with Gasteiger partial charge in [-0.3, -0.25) is 4.79 Å². The van der Waals surface area contributed by atoms with E-state index in [9.17, 15) is 30.8 Å². The number of amides is 1. The minimum Gasteiger partial charge on any atom is -0.356 e. The molecule has 0 bridgehead atoms. The largest absolute Gasteiger partial charge is 0.417 e. The van der Waals surface area contributed by atoms with Crippen molar-refractivity contribution in [2.45, 2.75) is 30.3 Å². The Morgan fingerprint density at radius 2 is 1.65 bits per heavy atom. The molecule has 1 saturated heterocycles. The highest BCUT2D eigenvalue weighted by Crippen LogP contribution is 2.36. The fourth-order valence-electron chi connectivity index (χ4n) is 3.55. The van der Waals surface area contributed by atoms with Gasteiger partial charge in [-0.1, -0.05) is 24.3 Å². The molecular formula is C21H22F4N2O3S. The zero-order valence-electron chi connectivity index (χ0n) is 16.5. The van der Waals surface area contributed by atoms with E-state index in [4.69, 9.17) is 0 Å². The van der Waals surface area contributed by atoms with Crippen LogP contribution in [0.4, 0.5) is 17.6 Å². The Bertz CT molecular complexity index is 1020. The summed E-state index contributed by atoms with van der Waals surface area (Å²) in [5.74, 6) is -0.986. The molecule has 31 heavy (non-hydrogen) atoms. The van der Waals surface area contributed by atoms with E-state index in [2.05, 4.69) is 5.32 Å². The first-order valence-electron chi connectivity index (χ1n) is 9.77. The number of nitrogens with one attached hydrogen (secondary N) is 1. The summed E-state index contributed by atoms with van der Waals surface area (Å²) in [5.41, 5.74) is -0.332. The van der Waals surface area contributed by atoms with Crippen LogP contribution in [0.3, 0.4) is 0 Å². The number of sulfonamides is 1. The van der Waals surface area contributed by atoms with Crippen LogP contribution in [0.2, 0.25) is 0 Å². The highest BCUT2D eigenvalue weighted by molar-refractivity contribution is 7.89. The Kier molecular flexibility index (Phi) is 7.00. The minimum absolute atomic E-state index is 0.0371. The molecule has 5 nitrogen and oxygen atoms in total. The zero-order valence-corrected chi connectivity index (χ0v) is 17.3. The number of benzene rings is 2. The maximum atomic E-state index is 13.2. The van der Waals surface area contributed by atoms with E-state index < -0.39 is 32.6 Å². The molecule has 0 aromatic heterocycles. The second kappa shape index (κ2) is 9.35. The number of alkyl halides is 3. The van der Waals surface area contributed by atoms with E-state index in [0.29, 0.717) is 13.0 Å². The van der Waals surface area contributed by atoms with Gasteiger partial charge in [0.05, 0.1) is 10.5 Å². The lowest BCUT2D eigenvalue weighted by Gasteiger charge is -2.31. The van der Waals surface area contributed by atoms with Crippen molar-refractivity contribution < 1.29 is 30.8 Å². The lowest BCUT2D eigenvalue weighted by atomic mass is 9.97. The van der Waals surface area contributed by atoms with E-state index >= 15 is 0 Å². The van der Waals surface area contributed by atoms with Crippen LogP contribution in [0.1, 0.15) is 24.0 Å². The standard InChI is InChI=1S/C21H22F4N2O3S/c22-17-7-5-15(6-8-17)9-12-26-20(28)16-10-13-27(14-11-16)31(29,30)19-4-2-1-3-18(19)21(23,24)25/h1-8,16H,9-14H2,(H,26,28). The van der Waals surface area contributed by atoms with Gasteiger partial charge >= 0.3 is 6.18 Å². The molecule has 1 fully saturated rings. The van der Waals surface area contributed by atoms with Crippen LogP contribution in [0.5, 0.6) is 0 Å². The molecule has 0 spiro atoms. The molecule has 3 rings (SSSR count). The third-order valence-electron chi connectivity index (χ3n) is 5.26. The fraction of sp³-hybridized carbons (Fsp3) is 0.381. The minimum atomic E-state index is -4.79. The number of nitrogens with zero attached hydrogens (tertiary/aromatic N) is 1. The van der Waals surface area contributed by atoms with Crippen molar-refractivity contribution in [1.82, 2.24) is 9.62 Å². The maximum Gasteiger partial charge on any atom is 0.417 e. The van der Waals surface area contributed by atoms with Crippen molar-refractivity contribution >= 4 is 15.9 Å². The Morgan fingerprint density at radius 1 is 1.03 bits per heavy atom. The normalized spacial score (nSPS) is 16.3. The van der Waals surface area contributed by atoms with Crippen LogP contribution < -0.4 is 5.32 Å². The summed E-state index contributed by atoms with van der Waals surface area (Å²) in [7, 11) is -4.33. The van der Waals surface area contributed by atoms with Gasteiger partial charge in [0, 0.05) is 25.6 Å². The average Bonchev–Trinajstić information content (AvgIpc) is 2.74. The predicted molar refractivity (Wildman–Crippen MR) is 106 cm³/mol. The van der Waals surface area contributed by atoms with E-state index in [0.717, 1.165) is 28.1 Å². The van der Waals surface area contributed by atoms with Crippen LogP contribution in [0.15, 0.2) is 53.4 Å². The number of carbonyl (C=O) groups is 1. The maximum absolute atomic E-state index is 13.2.